The van der Waals surface area contributed by atoms with E-state index < -0.39 is 14.9 Å². The van der Waals surface area contributed by atoms with Gasteiger partial charge in [-0.25, -0.2) is 4.83 Å². The van der Waals surface area contributed by atoms with Crippen LogP contribution in [-0.4, -0.2) is 31.8 Å². The summed E-state index contributed by atoms with van der Waals surface area (Å²) in [4.78, 5) is 11.6. The lowest BCUT2D eigenvalue weighted by Gasteiger charge is -2.07. The van der Waals surface area contributed by atoms with Crippen molar-refractivity contribution in [1.82, 2.24) is 4.83 Å². The first-order valence-electron chi connectivity index (χ1n) is 6.61. The van der Waals surface area contributed by atoms with Gasteiger partial charge in [-0.1, -0.05) is 17.7 Å². The maximum atomic E-state index is 12.1. The van der Waals surface area contributed by atoms with Crippen LogP contribution < -0.4 is 9.57 Å². The van der Waals surface area contributed by atoms with E-state index in [0.29, 0.717) is 0 Å². The first-order chi connectivity index (χ1) is 11.8. The summed E-state index contributed by atoms with van der Waals surface area (Å²) in [5, 5.41) is 24.0. The number of sulfonamides is 1. The summed E-state index contributed by atoms with van der Waals surface area (Å²) >= 11 is 5.93. The van der Waals surface area contributed by atoms with Gasteiger partial charge in [0.2, 0.25) is 0 Å². The molecule has 0 bridgehead atoms. The number of nitrogens with one attached hydrogen (secondary N) is 1. The van der Waals surface area contributed by atoms with E-state index in [4.69, 9.17) is 16.3 Å². The Morgan fingerprint density at radius 1 is 1.36 bits per heavy atom. The Hall–Kier alpha value is -2.85. The Morgan fingerprint density at radius 3 is 2.72 bits per heavy atom. The van der Waals surface area contributed by atoms with E-state index in [1.807, 2.05) is 4.83 Å². The van der Waals surface area contributed by atoms with Crippen LogP contribution in [0.25, 0.3) is 0 Å². The van der Waals surface area contributed by atoms with Gasteiger partial charge in [-0.2, -0.15) is 13.5 Å². The number of hydrogen-bond donors (Lipinski definition) is 2. The molecular formula is C14H12ClN3O6S. The van der Waals surface area contributed by atoms with E-state index >= 15 is 0 Å². The van der Waals surface area contributed by atoms with Crippen LogP contribution in [0.3, 0.4) is 0 Å². The van der Waals surface area contributed by atoms with E-state index in [0.717, 1.165) is 12.3 Å². The van der Waals surface area contributed by atoms with Crippen LogP contribution in [0.2, 0.25) is 5.02 Å². The number of nitrogens with zero attached hydrogens (tertiary/aromatic N) is 2. The highest BCUT2D eigenvalue weighted by atomic mass is 35.5. The highest BCUT2D eigenvalue weighted by Crippen LogP contribution is 2.35. The highest BCUT2D eigenvalue weighted by Gasteiger charge is 2.17. The number of hydrazone groups is 1. The van der Waals surface area contributed by atoms with Crippen molar-refractivity contribution in [3.63, 3.8) is 0 Å². The predicted octanol–water partition coefficient (Wildman–Crippen LogP) is 2.27. The normalized spacial score (nSPS) is 11.4. The summed E-state index contributed by atoms with van der Waals surface area (Å²) < 4.78 is 29.1. The van der Waals surface area contributed by atoms with Gasteiger partial charge in [-0.15, -0.1) is 0 Å². The molecule has 0 aliphatic rings. The molecule has 0 fully saturated rings. The van der Waals surface area contributed by atoms with Gasteiger partial charge in [0.25, 0.3) is 15.7 Å². The van der Waals surface area contributed by atoms with Crippen LogP contribution >= 0.6 is 11.6 Å². The van der Waals surface area contributed by atoms with E-state index in [9.17, 15) is 23.6 Å². The smallest absolute Gasteiger partial charge is 0.276 e. The number of non-ortho nitro benzene ring substituents is 1. The molecule has 0 aliphatic heterocycles. The molecule has 2 N–H and O–H groups in total. The van der Waals surface area contributed by atoms with Crippen molar-refractivity contribution in [1.29, 1.82) is 0 Å². The lowest BCUT2D eigenvalue weighted by Crippen LogP contribution is -2.18. The number of rotatable bonds is 6. The average molecular weight is 386 g/mol. The van der Waals surface area contributed by atoms with Crippen molar-refractivity contribution < 1.29 is 23.2 Å². The largest absolute Gasteiger partial charge is 0.503 e. The fourth-order valence-electron chi connectivity index (χ4n) is 1.81. The van der Waals surface area contributed by atoms with Crippen LogP contribution in [0.5, 0.6) is 11.5 Å². The van der Waals surface area contributed by atoms with E-state index in [-0.39, 0.29) is 32.7 Å². The number of nitro benzene ring substituents is 1. The standard InChI is InChI=1S/C14H12ClN3O6S/c1-24-12-6-5-9(13(15)14(12)19)8-16-17-25(22,23)11-4-2-3-10(7-11)18(20)21/h2-8,17,19H,1H3/b16-8+. The van der Waals surface area contributed by atoms with Gasteiger partial charge in [-0.05, 0) is 18.2 Å². The molecule has 2 aromatic rings. The average Bonchev–Trinajstić information content (AvgIpc) is 2.59. The van der Waals surface area contributed by atoms with E-state index in [2.05, 4.69) is 5.10 Å². The molecular weight excluding hydrogens is 374 g/mol. The second-order valence-corrected chi connectivity index (χ2v) is 6.67. The second kappa shape index (κ2) is 7.36. The maximum Gasteiger partial charge on any atom is 0.276 e. The molecule has 0 atom stereocenters. The molecule has 0 spiro atoms. The molecule has 11 heteroatoms. The van der Waals surface area contributed by atoms with E-state index in [1.54, 1.807) is 0 Å². The number of halogens is 1. The first kappa shape index (κ1) is 18.5. The third kappa shape index (κ3) is 4.17. The molecule has 0 radical (unpaired) electrons. The zero-order valence-electron chi connectivity index (χ0n) is 12.7. The van der Waals surface area contributed by atoms with Gasteiger partial charge in [0.1, 0.15) is 0 Å². The molecule has 0 amide bonds. The molecule has 0 heterocycles. The second-order valence-electron chi connectivity index (χ2n) is 4.63. The fourth-order valence-corrected chi connectivity index (χ4v) is 2.84. The summed E-state index contributed by atoms with van der Waals surface area (Å²) in [6, 6.07) is 7.40. The topological polar surface area (TPSA) is 131 Å². The zero-order valence-corrected chi connectivity index (χ0v) is 14.3. The zero-order chi connectivity index (χ0) is 18.6. The Balaban J connectivity index is 2.23. The number of hydrogen-bond acceptors (Lipinski definition) is 7. The molecule has 2 rings (SSSR count). The molecule has 0 unspecified atom stereocenters. The number of methoxy groups -OCH3 is 1. The number of ether oxygens (including phenoxy) is 1. The van der Waals surface area contributed by atoms with E-state index in [1.165, 1.54) is 37.4 Å². The number of benzene rings is 2. The minimum atomic E-state index is -4.10. The lowest BCUT2D eigenvalue weighted by atomic mass is 10.2. The number of phenols is 1. The summed E-state index contributed by atoms with van der Waals surface area (Å²) in [6.07, 6.45) is 1.08. The Kier molecular flexibility index (Phi) is 5.45. The molecule has 0 aromatic heterocycles. The van der Waals surface area contributed by atoms with Gasteiger partial charge in [0.15, 0.2) is 11.5 Å². The summed E-state index contributed by atoms with van der Waals surface area (Å²) in [5.74, 6) is -0.158. The SMILES string of the molecule is COc1ccc(/C=N/NS(=O)(=O)c2cccc([N+](=O)[O-])c2)c(Cl)c1O. The van der Waals surface area contributed by atoms with Crippen molar-refractivity contribution >= 4 is 33.5 Å². The Labute approximate surface area is 147 Å². The molecule has 25 heavy (non-hydrogen) atoms. The first-order valence-corrected chi connectivity index (χ1v) is 8.47. The molecule has 2 aromatic carbocycles. The third-order valence-electron chi connectivity index (χ3n) is 3.04. The Morgan fingerprint density at radius 2 is 2.08 bits per heavy atom. The van der Waals surface area contributed by atoms with Crippen molar-refractivity contribution in [2.45, 2.75) is 4.90 Å². The predicted molar refractivity (Wildman–Crippen MR) is 90.7 cm³/mol. The number of aromatic hydroxyl groups is 1. The van der Waals surface area contributed by atoms with Crippen LogP contribution in [0.15, 0.2) is 46.4 Å². The van der Waals surface area contributed by atoms with Crippen molar-refractivity contribution in [3.05, 3.63) is 57.1 Å². The van der Waals surface area contributed by atoms with Crippen LogP contribution in [0, 0.1) is 10.1 Å². The number of phenolic OH excluding ortho intramolecular Hbond substituents is 1. The summed E-state index contributed by atoms with van der Waals surface area (Å²) in [7, 11) is -2.75. The fraction of sp³-hybridized carbons (Fsp3) is 0.0714. The molecule has 0 aliphatic carbocycles. The van der Waals surface area contributed by atoms with Crippen molar-refractivity contribution in [2.24, 2.45) is 5.10 Å². The minimum absolute atomic E-state index is 0.0716. The Bertz CT molecular complexity index is 946. The molecule has 132 valence electrons. The molecule has 0 saturated carbocycles. The van der Waals surface area contributed by atoms with Gasteiger partial charge in [0.05, 0.1) is 28.2 Å². The van der Waals surface area contributed by atoms with Crippen molar-refractivity contribution in [2.75, 3.05) is 7.11 Å². The monoisotopic (exact) mass is 385 g/mol. The van der Waals surface area contributed by atoms with Crippen LogP contribution in [0.4, 0.5) is 5.69 Å². The highest BCUT2D eigenvalue weighted by molar-refractivity contribution is 7.89. The third-order valence-corrected chi connectivity index (χ3v) is 4.66. The molecule has 9 nitrogen and oxygen atoms in total. The van der Waals surface area contributed by atoms with Crippen LogP contribution in [-0.2, 0) is 10.0 Å². The summed E-state index contributed by atoms with van der Waals surface area (Å²) in [6.45, 7) is 0. The van der Waals surface area contributed by atoms with Gasteiger partial charge < -0.3 is 9.84 Å². The molecule has 0 saturated heterocycles. The number of nitro groups is 1. The van der Waals surface area contributed by atoms with Gasteiger partial charge in [-0.3, -0.25) is 10.1 Å². The van der Waals surface area contributed by atoms with Crippen molar-refractivity contribution in [3.8, 4) is 11.5 Å². The quantitative estimate of drug-likeness (QED) is 0.445. The van der Waals surface area contributed by atoms with Crippen LogP contribution in [0.1, 0.15) is 5.56 Å². The lowest BCUT2D eigenvalue weighted by molar-refractivity contribution is -0.385. The maximum absolute atomic E-state index is 12.1. The van der Waals surface area contributed by atoms with Gasteiger partial charge >= 0.3 is 0 Å². The van der Waals surface area contributed by atoms with Gasteiger partial charge in [0, 0.05) is 17.7 Å². The summed E-state index contributed by atoms with van der Waals surface area (Å²) in [5.41, 5.74) is -0.128. The minimum Gasteiger partial charge on any atom is -0.503 e.